The van der Waals surface area contributed by atoms with E-state index in [1.807, 2.05) is 0 Å². The predicted octanol–water partition coefficient (Wildman–Crippen LogP) is 0.791. The summed E-state index contributed by atoms with van der Waals surface area (Å²) in [5.74, 6) is -0.192. The molecule has 4 nitrogen and oxygen atoms in total. The number of piperidine rings is 1. The second-order valence-corrected chi connectivity index (χ2v) is 4.31. The Kier molecular flexibility index (Phi) is 3.61. The molecule has 1 fully saturated rings. The highest BCUT2D eigenvalue weighted by Gasteiger charge is 2.34. The Bertz CT molecular complexity index is 296. The summed E-state index contributed by atoms with van der Waals surface area (Å²) < 4.78 is 0. The topological polar surface area (TPSA) is 54.5 Å². The van der Waals surface area contributed by atoms with Crippen LogP contribution in [-0.2, 0) is 14.4 Å². The fraction of sp³-hybridized carbons (Fsp3) is 0.727. The van der Waals surface area contributed by atoms with Gasteiger partial charge in [0.15, 0.2) is 5.78 Å². The Hall–Kier alpha value is -1.19. The minimum absolute atomic E-state index is 0.0392. The van der Waals surface area contributed by atoms with Gasteiger partial charge in [0.2, 0.25) is 5.91 Å². The number of ketones is 2. The van der Waals surface area contributed by atoms with Crippen molar-refractivity contribution in [2.45, 2.75) is 39.7 Å². The Morgan fingerprint density at radius 1 is 1.40 bits per heavy atom. The molecule has 84 valence electrons. The summed E-state index contributed by atoms with van der Waals surface area (Å²) in [4.78, 5) is 35.9. The highest BCUT2D eigenvalue weighted by Crippen LogP contribution is 2.17. The van der Waals surface area contributed by atoms with Crippen LogP contribution in [0.3, 0.4) is 0 Å². The first kappa shape index (κ1) is 11.9. The number of nitrogens with zero attached hydrogens (tertiary/aromatic N) is 1. The third-order valence-electron chi connectivity index (χ3n) is 2.68. The van der Waals surface area contributed by atoms with Gasteiger partial charge in [0, 0.05) is 25.3 Å². The van der Waals surface area contributed by atoms with E-state index in [0.717, 1.165) is 0 Å². The maximum atomic E-state index is 11.8. The molecule has 1 heterocycles. The third kappa shape index (κ3) is 2.64. The van der Waals surface area contributed by atoms with Crippen LogP contribution in [0.5, 0.6) is 0 Å². The molecule has 0 N–H and O–H groups in total. The van der Waals surface area contributed by atoms with Crippen LogP contribution in [-0.4, -0.2) is 35.0 Å². The average molecular weight is 211 g/mol. The largest absolute Gasteiger partial charge is 0.332 e. The van der Waals surface area contributed by atoms with Crippen molar-refractivity contribution in [1.82, 2.24) is 4.90 Å². The van der Waals surface area contributed by atoms with E-state index in [-0.39, 0.29) is 29.8 Å². The summed E-state index contributed by atoms with van der Waals surface area (Å²) in [6.07, 6.45) is 0.566. The quantitative estimate of drug-likeness (QED) is 0.678. The molecule has 0 aromatic heterocycles. The van der Waals surface area contributed by atoms with Gasteiger partial charge in [-0.15, -0.1) is 0 Å². The molecule has 0 aromatic carbocycles. The summed E-state index contributed by atoms with van der Waals surface area (Å²) >= 11 is 0. The van der Waals surface area contributed by atoms with Gasteiger partial charge in [0.1, 0.15) is 5.78 Å². The third-order valence-corrected chi connectivity index (χ3v) is 2.68. The van der Waals surface area contributed by atoms with Gasteiger partial charge in [-0.1, -0.05) is 13.8 Å². The van der Waals surface area contributed by atoms with Crippen LogP contribution in [0.15, 0.2) is 0 Å². The van der Waals surface area contributed by atoms with Gasteiger partial charge in [-0.3, -0.25) is 14.4 Å². The Labute approximate surface area is 89.6 Å². The normalized spacial score (nSPS) is 22.0. The van der Waals surface area contributed by atoms with Crippen LogP contribution in [0.1, 0.15) is 33.6 Å². The predicted molar refractivity (Wildman–Crippen MR) is 55.3 cm³/mol. The molecule has 0 aromatic rings. The number of likely N-dealkylation sites (tertiary alicyclic amines) is 1. The molecule has 0 radical (unpaired) electrons. The van der Waals surface area contributed by atoms with Crippen LogP contribution in [0.2, 0.25) is 0 Å². The molecule has 0 spiro atoms. The molecule has 0 aliphatic carbocycles. The lowest BCUT2D eigenvalue weighted by atomic mass is 9.96. The summed E-state index contributed by atoms with van der Waals surface area (Å²) in [5.41, 5.74) is 0. The molecular weight excluding hydrogens is 194 g/mol. The number of hydrogen-bond acceptors (Lipinski definition) is 3. The fourth-order valence-electron chi connectivity index (χ4n) is 1.79. The zero-order chi connectivity index (χ0) is 11.6. The monoisotopic (exact) mass is 211 g/mol. The maximum absolute atomic E-state index is 11.8. The van der Waals surface area contributed by atoms with Crippen molar-refractivity contribution in [3.8, 4) is 0 Å². The Morgan fingerprint density at radius 2 is 2.00 bits per heavy atom. The van der Waals surface area contributed by atoms with E-state index in [0.29, 0.717) is 13.0 Å². The highest BCUT2D eigenvalue weighted by atomic mass is 16.2. The number of carbonyl (C=O) groups is 3. The smallest absolute Gasteiger partial charge is 0.225 e. The average Bonchev–Trinajstić information content (AvgIpc) is 2.16. The minimum Gasteiger partial charge on any atom is -0.332 e. The first-order chi connectivity index (χ1) is 6.93. The molecule has 0 saturated carbocycles. The zero-order valence-electron chi connectivity index (χ0n) is 9.45. The second kappa shape index (κ2) is 4.55. The van der Waals surface area contributed by atoms with E-state index in [4.69, 9.17) is 0 Å². The molecule has 4 heteroatoms. The lowest BCUT2D eigenvalue weighted by Crippen LogP contribution is -2.51. The lowest BCUT2D eigenvalue weighted by Gasteiger charge is -2.34. The van der Waals surface area contributed by atoms with Gasteiger partial charge >= 0.3 is 0 Å². The van der Waals surface area contributed by atoms with Gasteiger partial charge in [-0.2, -0.15) is 0 Å². The first-order valence-corrected chi connectivity index (χ1v) is 5.26. The van der Waals surface area contributed by atoms with Crippen LogP contribution in [0.4, 0.5) is 0 Å². The number of amides is 1. The summed E-state index contributed by atoms with van der Waals surface area (Å²) in [7, 11) is 0. The molecule has 1 aliphatic rings. The van der Waals surface area contributed by atoms with E-state index in [2.05, 4.69) is 0 Å². The molecule has 1 rings (SSSR count). The molecule has 1 amide bonds. The van der Waals surface area contributed by atoms with E-state index in [9.17, 15) is 14.4 Å². The summed E-state index contributed by atoms with van der Waals surface area (Å²) in [5, 5.41) is 0. The fourth-order valence-corrected chi connectivity index (χ4v) is 1.79. The number of carbonyl (C=O) groups excluding carboxylic acids is 3. The Morgan fingerprint density at radius 3 is 2.47 bits per heavy atom. The molecular formula is C11H17NO3. The molecule has 1 atom stereocenters. The minimum atomic E-state index is -0.527. The van der Waals surface area contributed by atoms with Gasteiger partial charge in [0.05, 0.1) is 6.04 Å². The first-order valence-electron chi connectivity index (χ1n) is 5.26. The lowest BCUT2D eigenvalue weighted by molar-refractivity contribution is -0.146. The molecule has 0 bridgehead atoms. The SMILES string of the molecule is CC(=O)C1CC(=O)CCN1C(=O)C(C)C. The van der Waals surface area contributed by atoms with Crippen molar-refractivity contribution in [3.05, 3.63) is 0 Å². The van der Waals surface area contributed by atoms with E-state index in [1.165, 1.54) is 6.92 Å². The molecule has 1 unspecified atom stereocenters. The number of hydrogen-bond donors (Lipinski definition) is 0. The highest BCUT2D eigenvalue weighted by molar-refractivity contribution is 5.94. The maximum Gasteiger partial charge on any atom is 0.225 e. The molecule has 15 heavy (non-hydrogen) atoms. The van der Waals surface area contributed by atoms with Crippen molar-refractivity contribution in [1.29, 1.82) is 0 Å². The summed E-state index contributed by atoms with van der Waals surface area (Å²) in [6.45, 7) is 5.43. The van der Waals surface area contributed by atoms with Gasteiger partial charge in [-0.05, 0) is 6.92 Å². The number of rotatable bonds is 2. The summed E-state index contributed by atoms with van der Waals surface area (Å²) in [6, 6.07) is -0.527. The molecule has 1 saturated heterocycles. The van der Waals surface area contributed by atoms with Gasteiger partial charge in [-0.25, -0.2) is 0 Å². The van der Waals surface area contributed by atoms with Crippen LogP contribution >= 0.6 is 0 Å². The van der Waals surface area contributed by atoms with Crippen molar-refractivity contribution in [2.24, 2.45) is 5.92 Å². The standard InChI is InChI=1S/C11H17NO3/c1-7(2)11(15)12-5-4-9(14)6-10(12)8(3)13/h7,10H,4-6H2,1-3H3. The van der Waals surface area contributed by atoms with E-state index in [1.54, 1.807) is 18.7 Å². The Balaban J connectivity index is 2.81. The number of Topliss-reactive ketones (excluding diaryl/α,β-unsaturated/α-hetero) is 2. The zero-order valence-corrected chi connectivity index (χ0v) is 9.45. The molecule has 1 aliphatic heterocycles. The van der Waals surface area contributed by atoms with Crippen molar-refractivity contribution in [2.75, 3.05) is 6.54 Å². The van der Waals surface area contributed by atoms with Crippen LogP contribution in [0.25, 0.3) is 0 Å². The second-order valence-electron chi connectivity index (χ2n) is 4.31. The van der Waals surface area contributed by atoms with Crippen molar-refractivity contribution < 1.29 is 14.4 Å². The van der Waals surface area contributed by atoms with Crippen LogP contribution in [0, 0.1) is 5.92 Å². The van der Waals surface area contributed by atoms with E-state index >= 15 is 0 Å². The van der Waals surface area contributed by atoms with Crippen LogP contribution < -0.4 is 0 Å². The van der Waals surface area contributed by atoms with Crippen molar-refractivity contribution >= 4 is 17.5 Å². The van der Waals surface area contributed by atoms with Gasteiger partial charge in [0.25, 0.3) is 0 Å². The van der Waals surface area contributed by atoms with Gasteiger partial charge < -0.3 is 4.90 Å². The van der Waals surface area contributed by atoms with E-state index < -0.39 is 6.04 Å². The van der Waals surface area contributed by atoms with Crippen molar-refractivity contribution in [3.63, 3.8) is 0 Å².